The van der Waals surface area contributed by atoms with Gasteiger partial charge in [-0.05, 0) is 31.5 Å². The first kappa shape index (κ1) is 25.1. The lowest BCUT2D eigenvalue weighted by Crippen LogP contribution is -2.43. The van der Waals surface area contributed by atoms with Crippen molar-refractivity contribution in [3.05, 3.63) is 45.6 Å². The number of nitrogens with zero attached hydrogens (tertiary/aromatic N) is 4. The van der Waals surface area contributed by atoms with Crippen LogP contribution in [0.2, 0.25) is 5.15 Å². The molecule has 0 radical (unpaired) electrons. The SMILES string of the molecule is CCOC(=O)c1sc(Nc2nc(Cl)c3c(n2)N(Cc2ccc(S(C)(=O)=O)cc2)C(O)CO3)nc1C. The summed E-state index contributed by atoms with van der Waals surface area (Å²) in [6.07, 6.45) is 0.102. The van der Waals surface area contributed by atoms with Gasteiger partial charge in [-0.3, -0.25) is 5.32 Å². The number of aryl methyl sites for hydroxylation is 1. The Kier molecular flexibility index (Phi) is 7.12. The third-order valence-corrected chi connectivity index (χ3v) is 7.43. The Morgan fingerprint density at radius 2 is 2.03 bits per heavy atom. The zero-order chi connectivity index (χ0) is 25.3. The number of nitrogens with one attached hydrogen (secondary N) is 1. The third-order valence-electron chi connectivity index (χ3n) is 5.00. The number of aromatic nitrogens is 3. The first-order valence-corrected chi connectivity index (χ1v) is 13.5. The molecule has 1 aliphatic rings. The number of hydrogen-bond donors (Lipinski definition) is 2. The predicted molar refractivity (Wildman–Crippen MR) is 130 cm³/mol. The first-order chi connectivity index (χ1) is 16.6. The molecule has 3 heterocycles. The van der Waals surface area contributed by atoms with Crippen molar-refractivity contribution in [2.24, 2.45) is 0 Å². The fourth-order valence-electron chi connectivity index (χ4n) is 3.33. The van der Waals surface area contributed by atoms with Gasteiger partial charge in [0.25, 0.3) is 0 Å². The second-order valence-electron chi connectivity index (χ2n) is 7.61. The summed E-state index contributed by atoms with van der Waals surface area (Å²) < 4.78 is 34.1. The Morgan fingerprint density at radius 3 is 2.69 bits per heavy atom. The summed E-state index contributed by atoms with van der Waals surface area (Å²) in [5.41, 5.74) is 1.24. The number of fused-ring (bicyclic) bond motifs is 1. The van der Waals surface area contributed by atoms with Crippen LogP contribution in [0, 0.1) is 6.92 Å². The lowest BCUT2D eigenvalue weighted by atomic mass is 10.2. The second-order valence-corrected chi connectivity index (χ2v) is 11.0. The standard InChI is InChI=1S/C21H22ClN5O6S2/c1-4-32-19(29)16-11(2)23-21(34-16)26-20-24-17(22)15-18(25-20)27(14(28)10-33-15)9-12-5-7-13(8-6-12)35(3,30)31/h5-8,14,28H,4,9-10H2,1-3H3,(H,23,24,25,26). The number of carbonyl (C=O) groups excluding carboxylic acids is 1. The highest BCUT2D eigenvalue weighted by Crippen LogP contribution is 2.39. The van der Waals surface area contributed by atoms with Crippen LogP contribution >= 0.6 is 22.9 Å². The molecule has 1 unspecified atom stereocenters. The number of rotatable bonds is 7. The average molecular weight is 540 g/mol. The highest BCUT2D eigenvalue weighted by atomic mass is 35.5. The Balaban J connectivity index is 1.62. The maximum atomic E-state index is 12.1. The van der Waals surface area contributed by atoms with Gasteiger partial charge >= 0.3 is 5.97 Å². The highest BCUT2D eigenvalue weighted by molar-refractivity contribution is 7.90. The summed E-state index contributed by atoms with van der Waals surface area (Å²) in [6, 6.07) is 6.33. The highest BCUT2D eigenvalue weighted by Gasteiger charge is 2.31. The molecule has 0 fully saturated rings. The van der Waals surface area contributed by atoms with Gasteiger partial charge < -0.3 is 19.5 Å². The monoisotopic (exact) mass is 539 g/mol. The lowest BCUT2D eigenvalue weighted by Gasteiger charge is -2.34. The number of carbonyl (C=O) groups is 1. The second kappa shape index (κ2) is 9.93. The molecule has 0 saturated heterocycles. The zero-order valence-electron chi connectivity index (χ0n) is 19.0. The van der Waals surface area contributed by atoms with Crippen LogP contribution in [0.3, 0.4) is 0 Å². The summed E-state index contributed by atoms with van der Waals surface area (Å²) >= 11 is 7.44. The van der Waals surface area contributed by atoms with E-state index in [9.17, 15) is 18.3 Å². The Labute approximate surface area is 210 Å². The molecule has 1 aromatic carbocycles. The van der Waals surface area contributed by atoms with Gasteiger partial charge in [-0.25, -0.2) is 18.2 Å². The van der Waals surface area contributed by atoms with E-state index in [2.05, 4.69) is 20.3 Å². The number of esters is 1. The van der Waals surface area contributed by atoms with Crippen LogP contribution in [0.25, 0.3) is 0 Å². The minimum Gasteiger partial charge on any atom is -0.482 e. The topological polar surface area (TPSA) is 144 Å². The van der Waals surface area contributed by atoms with Gasteiger partial charge in [0.1, 0.15) is 11.5 Å². The molecule has 2 N–H and O–H groups in total. The largest absolute Gasteiger partial charge is 0.482 e. The smallest absolute Gasteiger partial charge is 0.350 e. The van der Waals surface area contributed by atoms with Crippen LogP contribution in [-0.4, -0.2) is 60.1 Å². The molecule has 3 aromatic rings. The number of benzene rings is 1. The van der Waals surface area contributed by atoms with Crippen molar-refractivity contribution in [2.75, 3.05) is 29.7 Å². The van der Waals surface area contributed by atoms with E-state index in [-0.39, 0.29) is 47.3 Å². The number of halogens is 1. The molecule has 11 nitrogen and oxygen atoms in total. The van der Waals surface area contributed by atoms with Crippen molar-refractivity contribution in [3.8, 4) is 5.75 Å². The lowest BCUT2D eigenvalue weighted by molar-refractivity contribution is 0.0531. The zero-order valence-corrected chi connectivity index (χ0v) is 21.4. The molecule has 35 heavy (non-hydrogen) atoms. The van der Waals surface area contributed by atoms with Gasteiger partial charge in [0, 0.05) is 12.8 Å². The Morgan fingerprint density at radius 1 is 1.31 bits per heavy atom. The molecule has 0 aliphatic carbocycles. The molecule has 1 atom stereocenters. The number of aliphatic hydroxyl groups excluding tert-OH is 1. The average Bonchev–Trinajstić information content (AvgIpc) is 3.15. The van der Waals surface area contributed by atoms with E-state index < -0.39 is 22.0 Å². The maximum Gasteiger partial charge on any atom is 0.350 e. The number of thiazole rings is 1. The normalized spacial score (nSPS) is 15.3. The van der Waals surface area contributed by atoms with Crippen LogP contribution in [0.15, 0.2) is 29.2 Å². The van der Waals surface area contributed by atoms with Crippen molar-refractivity contribution >= 4 is 55.6 Å². The summed E-state index contributed by atoms with van der Waals surface area (Å²) in [5, 5.41) is 13.9. The number of ether oxygens (including phenoxy) is 2. The van der Waals surface area contributed by atoms with E-state index in [4.69, 9.17) is 21.1 Å². The molecular weight excluding hydrogens is 518 g/mol. The minimum atomic E-state index is -3.33. The van der Waals surface area contributed by atoms with Crippen LogP contribution in [-0.2, 0) is 21.1 Å². The molecule has 2 aromatic heterocycles. The van der Waals surface area contributed by atoms with Crippen LogP contribution in [0.5, 0.6) is 5.75 Å². The quantitative estimate of drug-likeness (QED) is 0.337. The number of hydrogen-bond acceptors (Lipinski definition) is 12. The molecule has 0 bridgehead atoms. The summed E-state index contributed by atoms with van der Waals surface area (Å²) in [4.78, 5) is 27.2. The van der Waals surface area contributed by atoms with Gasteiger partial charge in [0.15, 0.2) is 37.9 Å². The van der Waals surface area contributed by atoms with Crippen molar-refractivity contribution in [1.82, 2.24) is 15.0 Å². The molecule has 1 aliphatic heterocycles. The Bertz CT molecular complexity index is 1360. The molecule has 186 valence electrons. The fraction of sp³-hybridized carbons (Fsp3) is 0.333. The van der Waals surface area contributed by atoms with E-state index in [1.807, 2.05) is 0 Å². The molecule has 0 spiro atoms. The molecule has 4 rings (SSSR count). The summed E-state index contributed by atoms with van der Waals surface area (Å²) in [7, 11) is -3.33. The van der Waals surface area contributed by atoms with Crippen molar-refractivity contribution in [1.29, 1.82) is 0 Å². The van der Waals surface area contributed by atoms with Gasteiger partial charge in [0.2, 0.25) is 5.95 Å². The van der Waals surface area contributed by atoms with E-state index in [1.54, 1.807) is 30.9 Å². The minimum absolute atomic E-state index is 0.0284. The number of anilines is 3. The van der Waals surface area contributed by atoms with Crippen LogP contribution in [0.1, 0.15) is 27.9 Å². The van der Waals surface area contributed by atoms with E-state index in [0.717, 1.165) is 23.2 Å². The van der Waals surface area contributed by atoms with Gasteiger partial charge in [0.05, 0.1) is 17.2 Å². The van der Waals surface area contributed by atoms with E-state index in [0.29, 0.717) is 15.7 Å². The third kappa shape index (κ3) is 5.48. The van der Waals surface area contributed by atoms with Crippen LogP contribution in [0.4, 0.5) is 16.9 Å². The molecular formula is C21H22ClN5O6S2. The predicted octanol–water partition coefficient (Wildman–Crippen LogP) is 2.94. The van der Waals surface area contributed by atoms with Gasteiger partial charge in [-0.15, -0.1) is 0 Å². The number of sulfone groups is 1. The van der Waals surface area contributed by atoms with Gasteiger partial charge in [-0.2, -0.15) is 9.97 Å². The molecule has 0 saturated carbocycles. The number of aliphatic hydroxyl groups is 1. The Hall–Kier alpha value is -3.00. The maximum absolute atomic E-state index is 12.1. The first-order valence-electron chi connectivity index (χ1n) is 10.4. The van der Waals surface area contributed by atoms with Crippen molar-refractivity contribution < 1.29 is 27.8 Å². The van der Waals surface area contributed by atoms with Crippen molar-refractivity contribution in [3.63, 3.8) is 0 Å². The summed E-state index contributed by atoms with van der Waals surface area (Å²) in [5.74, 6) is 0.0766. The van der Waals surface area contributed by atoms with Gasteiger partial charge in [-0.1, -0.05) is 35.1 Å². The van der Waals surface area contributed by atoms with Crippen LogP contribution < -0.4 is 15.0 Å². The molecule has 0 amide bonds. The molecule has 14 heteroatoms. The van der Waals surface area contributed by atoms with Crippen molar-refractivity contribution in [2.45, 2.75) is 31.5 Å². The summed E-state index contributed by atoms with van der Waals surface area (Å²) in [6.45, 7) is 3.81. The van der Waals surface area contributed by atoms with E-state index in [1.165, 1.54) is 12.1 Å². The van der Waals surface area contributed by atoms with E-state index >= 15 is 0 Å². The fourth-order valence-corrected chi connectivity index (χ4v) is 5.03.